The second kappa shape index (κ2) is 6.69. The summed E-state index contributed by atoms with van der Waals surface area (Å²) in [5, 5.41) is 5.46. The van der Waals surface area contributed by atoms with Crippen molar-refractivity contribution in [3.05, 3.63) is 47.9 Å². The zero-order valence-electron chi connectivity index (χ0n) is 11.8. The van der Waals surface area contributed by atoms with Gasteiger partial charge in [0.05, 0.1) is 12.2 Å². The Morgan fingerprint density at radius 1 is 1.38 bits per heavy atom. The smallest absolute Gasteiger partial charge is 0.259 e. The lowest BCUT2D eigenvalue weighted by Gasteiger charge is -2.10. The Hall–Kier alpha value is -2.63. The molecule has 0 atom stereocenters. The lowest BCUT2D eigenvalue weighted by Crippen LogP contribution is -2.14. The van der Waals surface area contributed by atoms with E-state index in [1.165, 1.54) is 12.1 Å². The molecule has 1 aromatic heterocycles. The van der Waals surface area contributed by atoms with Crippen molar-refractivity contribution in [3.63, 3.8) is 0 Å². The monoisotopic (exact) mass is 289 g/mol. The molecule has 2 rings (SSSR count). The molecule has 0 bridgehead atoms. The van der Waals surface area contributed by atoms with E-state index in [2.05, 4.69) is 15.6 Å². The van der Waals surface area contributed by atoms with Crippen LogP contribution in [0.2, 0.25) is 0 Å². The Morgan fingerprint density at radius 2 is 2.19 bits per heavy atom. The van der Waals surface area contributed by atoms with Gasteiger partial charge in [0, 0.05) is 25.0 Å². The minimum Gasteiger partial charge on any atom is -0.491 e. The van der Waals surface area contributed by atoms with E-state index in [9.17, 15) is 9.18 Å². The molecular formula is C15H16FN3O2. The summed E-state index contributed by atoms with van der Waals surface area (Å²) in [4.78, 5) is 16.2. The fourth-order valence-electron chi connectivity index (χ4n) is 1.84. The SMILES string of the molecule is CCOc1ccc(NC(=O)c2cccnc2NC)cc1F. The topological polar surface area (TPSA) is 63.2 Å². The van der Waals surface area contributed by atoms with Gasteiger partial charge in [-0.2, -0.15) is 0 Å². The van der Waals surface area contributed by atoms with Gasteiger partial charge in [-0.05, 0) is 31.2 Å². The number of halogens is 1. The van der Waals surface area contributed by atoms with Gasteiger partial charge in [0.2, 0.25) is 0 Å². The molecule has 1 aromatic carbocycles. The van der Waals surface area contributed by atoms with Crippen molar-refractivity contribution in [1.82, 2.24) is 4.98 Å². The van der Waals surface area contributed by atoms with Crippen LogP contribution in [0, 0.1) is 5.82 Å². The number of ether oxygens (including phenoxy) is 1. The fraction of sp³-hybridized carbons (Fsp3) is 0.200. The van der Waals surface area contributed by atoms with E-state index < -0.39 is 5.82 Å². The molecule has 0 radical (unpaired) electrons. The van der Waals surface area contributed by atoms with Gasteiger partial charge in [-0.3, -0.25) is 4.79 Å². The van der Waals surface area contributed by atoms with Crippen LogP contribution >= 0.6 is 0 Å². The molecule has 5 nitrogen and oxygen atoms in total. The van der Waals surface area contributed by atoms with Gasteiger partial charge in [0.25, 0.3) is 5.91 Å². The number of hydrogen-bond acceptors (Lipinski definition) is 4. The van der Waals surface area contributed by atoms with Crippen molar-refractivity contribution in [1.29, 1.82) is 0 Å². The number of benzene rings is 1. The Kier molecular flexibility index (Phi) is 4.71. The molecule has 6 heteroatoms. The number of amides is 1. The number of anilines is 2. The average molecular weight is 289 g/mol. The second-order valence-electron chi connectivity index (χ2n) is 4.18. The zero-order valence-corrected chi connectivity index (χ0v) is 11.8. The predicted octanol–water partition coefficient (Wildman–Crippen LogP) is 2.91. The molecule has 21 heavy (non-hydrogen) atoms. The molecular weight excluding hydrogens is 273 g/mol. The Balaban J connectivity index is 2.18. The predicted molar refractivity (Wildman–Crippen MR) is 79.3 cm³/mol. The largest absolute Gasteiger partial charge is 0.491 e. The van der Waals surface area contributed by atoms with Crippen LogP contribution in [0.3, 0.4) is 0 Å². The maximum Gasteiger partial charge on any atom is 0.259 e. The van der Waals surface area contributed by atoms with E-state index in [4.69, 9.17) is 4.74 Å². The summed E-state index contributed by atoms with van der Waals surface area (Å²) in [6.07, 6.45) is 1.58. The highest BCUT2D eigenvalue weighted by molar-refractivity contribution is 6.07. The number of rotatable bonds is 5. The minimum absolute atomic E-state index is 0.160. The van der Waals surface area contributed by atoms with Crippen molar-refractivity contribution in [2.75, 3.05) is 24.3 Å². The molecule has 1 heterocycles. The van der Waals surface area contributed by atoms with Crippen molar-refractivity contribution >= 4 is 17.4 Å². The molecule has 0 spiro atoms. The fourth-order valence-corrected chi connectivity index (χ4v) is 1.84. The molecule has 2 N–H and O–H groups in total. The summed E-state index contributed by atoms with van der Waals surface area (Å²) in [5.41, 5.74) is 0.737. The van der Waals surface area contributed by atoms with E-state index in [0.717, 1.165) is 0 Å². The lowest BCUT2D eigenvalue weighted by molar-refractivity contribution is 0.102. The van der Waals surface area contributed by atoms with Crippen LogP contribution in [0.4, 0.5) is 15.9 Å². The van der Waals surface area contributed by atoms with Crippen LogP contribution in [-0.4, -0.2) is 24.5 Å². The lowest BCUT2D eigenvalue weighted by atomic mass is 10.2. The van der Waals surface area contributed by atoms with E-state index in [1.54, 1.807) is 38.4 Å². The van der Waals surface area contributed by atoms with E-state index in [1.807, 2.05) is 0 Å². The van der Waals surface area contributed by atoms with Crippen molar-refractivity contribution in [2.24, 2.45) is 0 Å². The first-order chi connectivity index (χ1) is 10.2. The maximum atomic E-state index is 13.7. The molecule has 0 saturated heterocycles. The number of hydrogen-bond donors (Lipinski definition) is 2. The van der Waals surface area contributed by atoms with Gasteiger partial charge in [-0.15, -0.1) is 0 Å². The molecule has 0 unspecified atom stereocenters. The summed E-state index contributed by atoms with van der Waals surface area (Å²) in [6.45, 7) is 2.15. The zero-order chi connectivity index (χ0) is 15.2. The number of carbonyl (C=O) groups excluding carboxylic acids is 1. The highest BCUT2D eigenvalue weighted by atomic mass is 19.1. The Bertz CT molecular complexity index is 647. The molecule has 0 aliphatic rings. The van der Waals surface area contributed by atoms with Gasteiger partial charge in [0.1, 0.15) is 5.82 Å². The van der Waals surface area contributed by atoms with Crippen molar-refractivity contribution in [3.8, 4) is 5.75 Å². The Morgan fingerprint density at radius 3 is 2.86 bits per heavy atom. The summed E-state index contributed by atoms with van der Waals surface area (Å²) >= 11 is 0. The summed E-state index contributed by atoms with van der Waals surface area (Å²) in [5.74, 6) is -0.264. The van der Waals surface area contributed by atoms with Crippen molar-refractivity contribution in [2.45, 2.75) is 6.92 Å². The first-order valence-electron chi connectivity index (χ1n) is 6.52. The third kappa shape index (κ3) is 3.47. The molecule has 110 valence electrons. The van der Waals surface area contributed by atoms with Crippen LogP contribution in [0.5, 0.6) is 5.75 Å². The van der Waals surface area contributed by atoms with Gasteiger partial charge in [-0.25, -0.2) is 9.37 Å². The van der Waals surface area contributed by atoms with Crippen LogP contribution in [0.1, 0.15) is 17.3 Å². The molecule has 0 saturated carbocycles. The molecule has 0 aliphatic heterocycles. The van der Waals surface area contributed by atoms with Gasteiger partial charge in [0.15, 0.2) is 11.6 Å². The van der Waals surface area contributed by atoms with E-state index >= 15 is 0 Å². The van der Waals surface area contributed by atoms with Crippen molar-refractivity contribution < 1.29 is 13.9 Å². The number of nitrogens with one attached hydrogen (secondary N) is 2. The number of carbonyl (C=O) groups is 1. The van der Waals surface area contributed by atoms with E-state index in [0.29, 0.717) is 23.7 Å². The number of pyridine rings is 1. The third-order valence-corrected chi connectivity index (χ3v) is 2.78. The molecule has 0 aliphatic carbocycles. The van der Waals surface area contributed by atoms with Gasteiger partial charge in [-0.1, -0.05) is 0 Å². The summed E-state index contributed by atoms with van der Waals surface area (Å²) < 4.78 is 18.8. The molecule has 1 amide bonds. The number of nitrogens with zero attached hydrogens (tertiary/aromatic N) is 1. The molecule has 0 fully saturated rings. The first kappa shape index (κ1) is 14.8. The number of aromatic nitrogens is 1. The van der Waals surface area contributed by atoms with Crippen LogP contribution in [-0.2, 0) is 0 Å². The minimum atomic E-state index is -0.519. The average Bonchev–Trinajstić information content (AvgIpc) is 2.50. The standard InChI is InChI=1S/C15H16FN3O2/c1-3-21-13-7-6-10(9-12(13)16)19-15(20)11-5-4-8-18-14(11)17-2/h4-9H,3H2,1-2H3,(H,17,18)(H,19,20). The first-order valence-corrected chi connectivity index (χ1v) is 6.52. The maximum absolute atomic E-state index is 13.7. The summed E-state index contributed by atoms with van der Waals surface area (Å²) in [7, 11) is 1.68. The summed E-state index contributed by atoms with van der Waals surface area (Å²) in [6, 6.07) is 7.59. The quantitative estimate of drug-likeness (QED) is 0.888. The van der Waals surface area contributed by atoms with Gasteiger partial charge >= 0.3 is 0 Å². The van der Waals surface area contributed by atoms with Crippen LogP contribution in [0.15, 0.2) is 36.5 Å². The van der Waals surface area contributed by atoms with Crippen LogP contribution < -0.4 is 15.4 Å². The normalized spacial score (nSPS) is 10.0. The molecule has 2 aromatic rings. The Labute approximate surface area is 122 Å². The highest BCUT2D eigenvalue weighted by Crippen LogP contribution is 2.22. The van der Waals surface area contributed by atoms with Gasteiger partial charge < -0.3 is 15.4 Å². The van der Waals surface area contributed by atoms with Crippen LogP contribution in [0.25, 0.3) is 0 Å². The van der Waals surface area contributed by atoms with E-state index in [-0.39, 0.29) is 11.7 Å². The second-order valence-corrected chi connectivity index (χ2v) is 4.18. The highest BCUT2D eigenvalue weighted by Gasteiger charge is 2.12. The third-order valence-electron chi connectivity index (χ3n) is 2.78.